The molecular weight excluding hydrogens is 158 g/mol. The van der Waals surface area contributed by atoms with E-state index in [0.717, 1.165) is 11.0 Å². The Labute approximate surface area is 69.2 Å². The maximum Gasteiger partial charge on any atom is 0.127 e. The van der Waals surface area contributed by atoms with Gasteiger partial charge in [-0.2, -0.15) is 8.75 Å². The number of aromatic nitrogens is 2. The number of nitrogens with zero attached hydrogens (tertiary/aromatic N) is 2. The van der Waals surface area contributed by atoms with Crippen LogP contribution >= 0.6 is 11.7 Å². The van der Waals surface area contributed by atoms with Crippen molar-refractivity contribution in [1.29, 1.82) is 0 Å². The molecule has 2 rings (SSSR count). The second-order valence-corrected chi connectivity index (χ2v) is 2.51. The van der Waals surface area contributed by atoms with Gasteiger partial charge in [-0.1, -0.05) is 13.5 Å². The zero-order valence-electron chi connectivity index (χ0n) is 5.11. The molecule has 0 radical (unpaired) electrons. The maximum absolute atomic E-state index is 5.60. The molecule has 0 spiro atoms. The minimum atomic E-state index is 0. The highest BCUT2D eigenvalue weighted by Crippen LogP contribution is 2.17. The summed E-state index contributed by atoms with van der Waals surface area (Å²) in [6.07, 6.45) is 0. The zero-order valence-corrected chi connectivity index (χ0v) is 5.93. The van der Waals surface area contributed by atoms with Crippen LogP contribution in [0, 0.1) is 0 Å². The van der Waals surface area contributed by atoms with Crippen molar-refractivity contribution in [3.63, 3.8) is 0 Å². The molecule has 0 unspecified atom stereocenters. The molecule has 0 atom stereocenters. The quantitative estimate of drug-likeness (QED) is 0.610. The first kappa shape index (κ1) is 7.94. The minimum Gasteiger partial charge on any atom is -0.397 e. The molecule has 0 saturated heterocycles. The number of nitrogens with two attached hydrogens (primary N) is 1. The molecule has 2 aromatic rings. The molecule has 0 bridgehead atoms. The van der Waals surface area contributed by atoms with Gasteiger partial charge in [0.25, 0.3) is 0 Å². The van der Waals surface area contributed by atoms with Crippen LogP contribution < -0.4 is 5.73 Å². The largest absolute Gasteiger partial charge is 0.397 e. The minimum absolute atomic E-state index is 0. The third kappa shape index (κ3) is 1.17. The van der Waals surface area contributed by atoms with Crippen molar-refractivity contribution < 1.29 is 0 Å². The van der Waals surface area contributed by atoms with Gasteiger partial charge in [0.2, 0.25) is 0 Å². The van der Waals surface area contributed by atoms with E-state index in [1.54, 1.807) is 0 Å². The molecule has 0 saturated carbocycles. The Kier molecular flexibility index (Phi) is 2.05. The van der Waals surface area contributed by atoms with Crippen molar-refractivity contribution in [3.05, 3.63) is 18.2 Å². The lowest BCUT2D eigenvalue weighted by molar-refractivity contribution is 1.63. The average molecular weight is 167 g/mol. The van der Waals surface area contributed by atoms with E-state index >= 15 is 0 Å². The van der Waals surface area contributed by atoms with Gasteiger partial charge >= 0.3 is 0 Å². The second-order valence-electron chi connectivity index (χ2n) is 1.98. The van der Waals surface area contributed by atoms with Crippen molar-refractivity contribution >= 4 is 28.4 Å². The fraction of sp³-hybridized carbons (Fsp3) is 0.143. The number of nitrogen functional groups attached to an aromatic ring is 1. The van der Waals surface area contributed by atoms with E-state index in [0.29, 0.717) is 5.69 Å². The van der Waals surface area contributed by atoms with Gasteiger partial charge in [-0.3, -0.25) is 0 Å². The standard InChI is InChI=1S/C6H5N3S.CH4/c7-4-2-1-3-5-6(4)9-10-8-5;/h1-3H,7H2;1H4. The van der Waals surface area contributed by atoms with E-state index in [4.69, 9.17) is 5.73 Å². The molecule has 1 aromatic heterocycles. The van der Waals surface area contributed by atoms with Crippen molar-refractivity contribution in [1.82, 2.24) is 8.75 Å². The topological polar surface area (TPSA) is 51.8 Å². The first-order chi connectivity index (χ1) is 4.88. The lowest BCUT2D eigenvalue weighted by atomic mass is 10.3. The molecule has 0 aliphatic rings. The molecule has 0 fully saturated rings. The summed E-state index contributed by atoms with van der Waals surface area (Å²) in [5.41, 5.74) is 8.00. The Bertz CT molecular complexity index is 355. The molecule has 2 N–H and O–H groups in total. The summed E-state index contributed by atoms with van der Waals surface area (Å²) >= 11 is 1.19. The van der Waals surface area contributed by atoms with Crippen LogP contribution in [0.1, 0.15) is 7.43 Å². The van der Waals surface area contributed by atoms with Crippen LogP contribution in [0.4, 0.5) is 5.69 Å². The van der Waals surface area contributed by atoms with Gasteiger partial charge in [-0.15, -0.1) is 0 Å². The summed E-state index contributed by atoms with van der Waals surface area (Å²) in [6, 6.07) is 5.60. The Morgan fingerprint density at radius 1 is 1.27 bits per heavy atom. The molecule has 1 heterocycles. The van der Waals surface area contributed by atoms with Gasteiger partial charge in [0.05, 0.1) is 17.4 Å². The third-order valence-electron chi connectivity index (χ3n) is 1.32. The Morgan fingerprint density at radius 2 is 2.09 bits per heavy atom. The summed E-state index contributed by atoms with van der Waals surface area (Å²) in [5, 5.41) is 0. The highest BCUT2D eigenvalue weighted by Gasteiger charge is 1.98. The predicted octanol–water partition coefficient (Wildman–Crippen LogP) is 1.91. The molecule has 11 heavy (non-hydrogen) atoms. The van der Waals surface area contributed by atoms with Crippen LogP contribution in [0.15, 0.2) is 18.2 Å². The molecule has 3 nitrogen and oxygen atoms in total. The number of fused-ring (bicyclic) bond motifs is 1. The van der Waals surface area contributed by atoms with Crippen LogP contribution in [0.25, 0.3) is 11.0 Å². The Hall–Kier alpha value is -1.16. The smallest absolute Gasteiger partial charge is 0.127 e. The average Bonchev–Trinajstić information content (AvgIpc) is 2.36. The fourth-order valence-electron chi connectivity index (χ4n) is 0.827. The van der Waals surface area contributed by atoms with Gasteiger partial charge in [0, 0.05) is 0 Å². The van der Waals surface area contributed by atoms with Crippen LogP contribution in [-0.4, -0.2) is 8.75 Å². The van der Waals surface area contributed by atoms with Gasteiger partial charge in [-0.25, -0.2) is 0 Å². The van der Waals surface area contributed by atoms with E-state index in [-0.39, 0.29) is 7.43 Å². The third-order valence-corrected chi connectivity index (χ3v) is 1.86. The summed E-state index contributed by atoms with van der Waals surface area (Å²) in [6.45, 7) is 0. The first-order valence-electron chi connectivity index (χ1n) is 2.85. The number of anilines is 1. The van der Waals surface area contributed by atoms with Gasteiger partial charge in [0.1, 0.15) is 11.0 Å². The number of benzene rings is 1. The molecule has 0 amide bonds. The summed E-state index contributed by atoms with van der Waals surface area (Å²) in [5.74, 6) is 0. The summed E-state index contributed by atoms with van der Waals surface area (Å²) < 4.78 is 8.05. The van der Waals surface area contributed by atoms with Gasteiger partial charge < -0.3 is 5.73 Å². The lowest BCUT2D eigenvalue weighted by Gasteiger charge is -1.89. The van der Waals surface area contributed by atoms with Crippen LogP contribution in [0.3, 0.4) is 0 Å². The van der Waals surface area contributed by atoms with E-state index in [2.05, 4.69) is 8.75 Å². The molecular formula is C7H9N3S. The van der Waals surface area contributed by atoms with Crippen molar-refractivity contribution in [2.24, 2.45) is 0 Å². The van der Waals surface area contributed by atoms with Crippen molar-refractivity contribution in [3.8, 4) is 0 Å². The number of rotatable bonds is 0. The van der Waals surface area contributed by atoms with E-state index < -0.39 is 0 Å². The van der Waals surface area contributed by atoms with E-state index in [9.17, 15) is 0 Å². The van der Waals surface area contributed by atoms with Crippen molar-refractivity contribution in [2.45, 2.75) is 7.43 Å². The predicted molar refractivity (Wildman–Crippen MR) is 48.6 cm³/mol. The highest BCUT2D eigenvalue weighted by atomic mass is 32.1. The van der Waals surface area contributed by atoms with Gasteiger partial charge in [0.15, 0.2) is 0 Å². The monoisotopic (exact) mass is 167 g/mol. The van der Waals surface area contributed by atoms with Crippen LogP contribution in [0.2, 0.25) is 0 Å². The summed E-state index contributed by atoms with van der Waals surface area (Å²) in [4.78, 5) is 0. The SMILES string of the molecule is C.Nc1cccc2nsnc12. The molecule has 0 aliphatic heterocycles. The number of hydrogen-bond donors (Lipinski definition) is 1. The molecule has 4 heteroatoms. The zero-order chi connectivity index (χ0) is 6.97. The second kappa shape index (κ2) is 2.84. The normalized spacial score (nSPS) is 9.45. The highest BCUT2D eigenvalue weighted by molar-refractivity contribution is 7.00. The van der Waals surface area contributed by atoms with Crippen LogP contribution in [-0.2, 0) is 0 Å². The van der Waals surface area contributed by atoms with Crippen LogP contribution in [0.5, 0.6) is 0 Å². The maximum atomic E-state index is 5.60. The van der Waals surface area contributed by atoms with Gasteiger partial charge in [-0.05, 0) is 12.1 Å². The Balaban J connectivity index is 0.000000605. The molecule has 0 aliphatic carbocycles. The first-order valence-corrected chi connectivity index (χ1v) is 3.58. The van der Waals surface area contributed by atoms with E-state index in [1.165, 1.54) is 11.7 Å². The fourth-order valence-corrected chi connectivity index (χ4v) is 1.38. The lowest BCUT2D eigenvalue weighted by Crippen LogP contribution is -1.84. The number of hydrogen-bond acceptors (Lipinski definition) is 4. The van der Waals surface area contributed by atoms with E-state index in [1.807, 2.05) is 18.2 Å². The summed E-state index contributed by atoms with van der Waals surface area (Å²) in [7, 11) is 0. The van der Waals surface area contributed by atoms with Crippen molar-refractivity contribution in [2.75, 3.05) is 5.73 Å². The molecule has 58 valence electrons. The Morgan fingerprint density at radius 3 is 2.82 bits per heavy atom. The molecule has 1 aromatic carbocycles.